The highest BCUT2D eigenvalue weighted by Crippen LogP contribution is 2.25. The molecule has 100 valence electrons. The van der Waals surface area contributed by atoms with Crippen LogP contribution in [0.5, 0.6) is 0 Å². The van der Waals surface area contributed by atoms with Crippen LogP contribution in [0.1, 0.15) is 12.0 Å². The molecule has 0 saturated carbocycles. The van der Waals surface area contributed by atoms with E-state index in [0.29, 0.717) is 12.4 Å². The summed E-state index contributed by atoms with van der Waals surface area (Å²) >= 11 is 0. The van der Waals surface area contributed by atoms with Gasteiger partial charge in [0.2, 0.25) is 0 Å². The van der Waals surface area contributed by atoms with Gasteiger partial charge in [0.05, 0.1) is 0 Å². The van der Waals surface area contributed by atoms with E-state index in [-0.39, 0.29) is 6.42 Å². The van der Waals surface area contributed by atoms with Gasteiger partial charge < -0.3 is 14.6 Å². The van der Waals surface area contributed by atoms with Crippen LogP contribution in [-0.4, -0.2) is 23.8 Å². The van der Waals surface area contributed by atoms with Crippen molar-refractivity contribution < 1.29 is 19.4 Å². The third kappa shape index (κ3) is 3.03. The number of ether oxygens (including phenoxy) is 2. The SMILES string of the molecule is COC1(C(=O)O)C=CC(OCc2ccccc2)=CC1. The zero-order valence-electron chi connectivity index (χ0n) is 10.7. The van der Waals surface area contributed by atoms with E-state index >= 15 is 0 Å². The fraction of sp³-hybridized carbons (Fsp3) is 0.267. The fourth-order valence-electron chi connectivity index (χ4n) is 1.85. The van der Waals surface area contributed by atoms with Gasteiger partial charge in [0.1, 0.15) is 12.4 Å². The van der Waals surface area contributed by atoms with Crippen molar-refractivity contribution in [2.45, 2.75) is 18.6 Å². The molecule has 0 heterocycles. The van der Waals surface area contributed by atoms with Crippen LogP contribution >= 0.6 is 0 Å². The van der Waals surface area contributed by atoms with Gasteiger partial charge in [-0.15, -0.1) is 0 Å². The summed E-state index contributed by atoms with van der Waals surface area (Å²) < 4.78 is 10.7. The largest absolute Gasteiger partial charge is 0.489 e. The standard InChI is InChI=1S/C15H16O4/c1-18-15(14(16)17)9-7-13(8-10-15)19-11-12-5-3-2-4-6-12/h2-9H,10-11H2,1H3,(H,16,17). The molecule has 0 aliphatic heterocycles. The Morgan fingerprint density at radius 3 is 2.63 bits per heavy atom. The molecule has 0 spiro atoms. The van der Waals surface area contributed by atoms with Crippen LogP contribution in [0.2, 0.25) is 0 Å². The van der Waals surface area contributed by atoms with E-state index in [2.05, 4.69) is 0 Å². The number of hydrogen-bond acceptors (Lipinski definition) is 3. The van der Waals surface area contributed by atoms with Gasteiger partial charge in [-0.25, -0.2) is 4.79 Å². The topological polar surface area (TPSA) is 55.8 Å². The summed E-state index contributed by atoms with van der Waals surface area (Å²) in [5.41, 5.74) is -0.196. The second-order valence-electron chi connectivity index (χ2n) is 4.32. The van der Waals surface area contributed by atoms with Gasteiger partial charge in [-0.3, -0.25) is 0 Å². The van der Waals surface area contributed by atoms with Crippen molar-refractivity contribution in [1.29, 1.82) is 0 Å². The van der Waals surface area contributed by atoms with Crippen molar-refractivity contribution >= 4 is 5.97 Å². The van der Waals surface area contributed by atoms with Crippen LogP contribution in [0.25, 0.3) is 0 Å². The van der Waals surface area contributed by atoms with Gasteiger partial charge in [0, 0.05) is 13.5 Å². The Balaban J connectivity index is 1.95. The Kier molecular flexibility index (Phi) is 4.02. The maximum atomic E-state index is 11.1. The van der Waals surface area contributed by atoms with Crippen LogP contribution in [0.3, 0.4) is 0 Å². The van der Waals surface area contributed by atoms with Crippen molar-refractivity contribution in [3.05, 3.63) is 59.9 Å². The molecular weight excluding hydrogens is 244 g/mol. The molecule has 0 fully saturated rings. The molecule has 1 unspecified atom stereocenters. The minimum absolute atomic E-state index is 0.263. The quantitative estimate of drug-likeness (QED) is 0.883. The van der Waals surface area contributed by atoms with Crippen LogP contribution in [0.4, 0.5) is 0 Å². The van der Waals surface area contributed by atoms with Crippen LogP contribution < -0.4 is 0 Å². The number of benzene rings is 1. The molecule has 2 rings (SSSR count). The summed E-state index contributed by atoms with van der Waals surface area (Å²) in [5, 5.41) is 9.14. The Morgan fingerprint density at radius 1 is 1.37 bits per heavy atom. The van der Waals surface area contributed by atoms with Crippen LogP contribution in [0, 0.1) is 0 Å². The third-order valence-corrected chi connectivity index (χ3v) is 3.10. The lowest BCUT2D eigenvalue weighted by atomic mass is 9.94. The van der Waals surface area contributed by atoms with Crippen LogP contribution in [0.15, 0.2) is 54.3 Å². The highest BCUT2D eigenvalue weighted by atomic mass is 16.5. The van der Waals surface area contributed by atoms with Gasteiger partial charge in [0.25, 0.3) is 0 Å². The summed E-state index contributed by atoms with van der Waals surface area (Å²) in [6.45, 7) is 0.462. The Morgan fingerprint density at radius 2 is 2.11 bits per heavy atom. The third-order valence-electron chi connectivity index (χ3n) is 3.10. The van der Waals surface area contributed by atoms with Gasteiger partial charge >= 0.3 is 5.97 Å². The van der Waals surface area contributed by atoms with Crippen molar-refractivity contribution in [3.8, 4) is 0 Å². The monoisotopic (exact) mass is 260 g/mol. The first-order valence-electron chi connectivity index (χ1n) is 6.01. The van der Waals surface area contributed by atoms with Crippen molar-refractivity contribution in [2.24, 2.45) is 0 Å². The average Bonchev–Trinajstić information content (AvgIpc) is 2.46. The average molecular weight is 260 g/mol. The second kappa shape index (κ2) is 5.71. The number of carbonyl (C=O) groups is 1. The smallest absolute Gasteiger partial charge is 0.340 e. The molecule has 1 N–H and O–H groups in total. The number of carboxylic acids is 1. The summed E-state index contributed by atoms with van der Waals surface area (Å²) in [4.78, 5) is 11.1. The summed E-state index contributed by atoms with van der Waals surface area (Å²) in [5.74, 6) is -0.331. The lowest BCUT2D eigenvalue weighted by Crippen LogP contribution is -2.39. The van der Waals surface area contributed by atoms with Crippen molar-refractivity contribution in [2.75, 3.05) is 7.11 Å². The summed E-state index contributed by atoms with van der Waals surface area (Å²) in [7, 11) is 1.39. The number of allylic oxidation sites excluding steroid dienone is 1. The number of aliphatic carboxylic acids is 1. The molecule has 4 nitrogen and oxygen atoms in total. The van der Waals surface area contributed by atoms with E-state index < -0.39 is 11.6 Å². The highest BCUT2D eigenvalue weighted by molar-refractivity contribution is 5.81. The predicted molar refractivity (Wildman–Crippen MR) is 70.4 cm³/mol. The number of rotatable bonds is 5. The van der Waals surface area contributed by atoms with Gasteiger partial charge in [-0.2, -0.15) is 0 Å². The molecule has 0 aromatic heterocycles. The molecule has 19 heavy (non-hydrogen) atoms. The zero-order chi connectivity index (χ0) is 13.7. The van der Waals surface area contributed by atoms with Crippen LogP contribution in [-0.2, 0) is 20.9 Å². The molecule has 4 heteroatoms. The zero-order valence-corrected chi connectivity index (χ0v) is 10.7. The molecule has 0 radical (unpaired) electrons. The molecule has 1 aliphatic carbocycles. The van der Waals surface area contributed by atoms with E-state index in [9.17, 15) is 4.79 Å². The Hall–Kier alpha value is -2.07. The lowest BCUT2D eigenvalue weighted by molar-refractivity contribution is -0.156. The molecule has 1 aromatic carbocycles. The molecule has 1 aromatic rings. The first kappa shape index (κ1) is 13.4. The molecule has 1 atom stereocenters. The molecular formula is C15H16O4. The maximum Gasteiger partial charge on any atom is 0.340 e. The predicted octanol–water partition coefficient (Wildman–Crippen LogP) is 2.52. The van der Waals surface area contributed by atoms with Crippen molar-refractivity contribution in [1.82, 2.24) is 0 Å². The minimum atomic E-state index is -1.26. The molecule has 0 bridgehead atoms. The number of methoxy groups -OCH3 is 1. The Bertz CT molecular complexity index is 504. The Labute approximate surface area is 112 Å². The fourth-order valence-corrected chi connectivity index (χ4v) is 1.85. The van der Waals surface area contributed by atoms with E-state index in [1.165, 1.54) is 13.2 Å². The molecule has 0 amide bonds. The van der Waals surface area contributed by atoms with E-state index in [0.717, 1.165) is 5.56 Å². The number of carboxylic acid groups (broad SMARTS) is 1. The summed E-state index contributed by atoms with van der Waals surface area (Å²) in [6.07, 6.45) is 5.17. The maximum absolute atomic E-state index is 11.1. The van der Waals surface area contributed by atoms with Gasteiger partial charge in [-0.1, -0.05) is 30.3 Å². The molecule has 1 aliphatic rings. The minimum Gasteiger partial charge on any atom is -0.489 e. The van der Waals surface area contributed by atoms with E-state index in [4.69, 9.17) is 14.6 Å². The van der Waals surface area contributed by atoms with E-state index in [1.807, 2.05) is 30.3 Å². The van der Waals surface area contributed by atoms with Gasteiger partial charge in [-0.05, 0) is 23.8 Å². The molecule has 0 saturated heterocycles. The number of hydrogen-bond donors (Lipinski definition) is 1. The van der Waals surface area contributed by atoms with Crippen molar-refractivity contribution in [3.63, 3.8) is 0 Å². The first-order chi connectivity index (χ1) is 9.16. The summed E-state index contributed by atoms with van der Waals surface area (Å²) in [6, 6.07) is 9.80. The highest BCUT2D eigenvalue weighted by Gasteiger charge is 2.36. The lowest BCUT2D eigenvalue weighted by Gasteiger charge is -2.26. The van der Waals surface area contributed by atoms with Gasteiger partial charge in [0.15, 0.2) is 5.60 Å². The first-order valence-corrected chi connectivity index (χ1v) is 6.01. The van der Waals surface area contributed by atoms with E-state index in [1.54, 1.807) is 12.2 Å². The normalized spacial score (nSPS) is 21.8. The second-order valence-corrected chi connectivity index (χ2v) is 4.32.